The predicted octanol–water partition coefficient (Wildman–Crippen LogP) is 2.51. The molecule has 0 radical (unpaired) electrons. The second kappa shape index (κ2) is 6.61. The van der Waals surface area contributed by atoms with Crippen molar-refractivity contribution < 1.29 is 9.13 Å². The standard InChI is InChI=1S/C13H20FNO/c1-10(2)16-8-7-12(15)9-11-5-3-4-6-13(11)14/h3-6,10,12H,7-9,15H2,1-2H3. The lowest BCUT2D eigenvalue weighted by Crippen LogP contribution is -2.25. The van der Waals surface area contributed by atoms with Crippen LogP contribution in [0.1, 0.15) is 25.8 Å². The number of benzene rings is 1. The monoisotopic (exact) mass is 225 g/mol. The first-order chi connectivity index (χ1) is 7.59. The van der Waals surface area contributed by atoms with Crippen molar-refractivity contribution in [1.29, 1.82) is 0 Å². The first-order valence-electron chi connectivity index (χ1n) is 5.70. The molecule has 1 rings (SSSR count). The van der Waals surface area contributed by atoms with Gasteiger partial charge in [-0.2, -0.15) is 0 Å². The Hall–Kier alpha value is -0.930. The molecule has 1 aromatic carbocycles. The van der Waals surface area contributed by atoms with E-state index in [0.29, 0.717) is 18.6 Å². The van der Waals surface area contributed by atoms with Gasteiger partial charge in [0, 0.05) is 12.6 Å². The molecule has 0 bridgehead atoms. The zero-order valence-corrected chi connectivity index (χ0v) is 9.95. The van der Waals surface area contributed by atoms with E-state index in [1.807, 2.05) is 19.9 Å². The number of hydrogen-bond acceptors (Lipinski definition) is 2. The van der Waals surface area contributed by atoms with Crippen molar-refractivity contribution in [2.24, 2.45) is 5.73 Å². The quantitative estimate of drug-likeness (QED) is 0.807. The number of halogens is 1. The van der Waals surface area contributed by atoms with Crippen LogP contribution in [0.2, 0.25) is 0 Å². The van der Waals surface area contributed by atoms with Crippen molar-refractivity contribution >= 4 is 0 Å². The van der Waals surface area contributed by atoms with Gasteiger partial charge in [0.1, 0.15) is 5.82 Å². The second-order valence-corrected chi connectivity index (χ2v) is 4.26. The number of ether oxygens (including phenoxy) is 1. The fourth-order valence-electron chi connectivity index (χ4n) is 1.50. The minimum atomic E-state index is -0.178. The SMILES string of the molecule is CC(C)OCCC(N)Cc1ccccc1F. The van der Waals surface area contributed by atoms with E-state index in [9.17, 15) is 4.39 Å². The normalized spacial score (nSPS) is 13.1. The summed E-state index contributed by atoms with van der Waals surface area (Å²) in [6.07, 6.45) is 1.54. The molecule has 2 N–H and O–H groups in total. The van der Waals surface area contributed by atoms with E-state index in [4.69, 9.17) is 10.5 Å². The molecule has 0 spiro atoms. The molecule has 0 heterocycles. The van der Waals surface area contributed by atoms with E-state index in [1.54, 1.807) is 12.1 Å². The third kappa shape index (κ3) is 4.73. The summed E-state index contributed by atoms with van der Waals surface area (Å²) in [5, 5.41) is 0. The molecule has 1 unspecified atom stereocenters. The topological polar surface area (TPSA) is 35.2 Å². The molecule has 1 atom stereocenters. The maximum atomic E-state index is 13.3. The molecule has 0 amide bonds. The average Bonchev–Trinajstić information content (AvgIpc) is 2.21. The van der Waals surface area contributed by atoms with Gasteiger partial charge in [-0.3, -0.25) is 0 Å². The fourth-order valence-corrected chi connectivity index (χ4v) is 1.50. The minimum Gasteiger partial charge on any atom is -0.379 e. The first kappa shape index (κ1) is 13.1. The highest BCUT2D eigenvalue weighted by molar-refractivity contribution is 5.18. The van der Waals surface area contributed by atoms with Crippen molar-refractivity contribution in [2.45, 2.75) is 38.8 Å². The zero-order valence-electron chi connectivity index (χ0n) is 9.95. The lowest BCUT2D eigenvalue weighted by molar-refractivity contribution is 0.0736. The van der Waals surface area contributed by atoms with Crippen LogP contribution in [-0.2, 0) is 11.2 Å². The lowest BCUT2D eigenvalue weighted by atomic mass is 10.0. The molecule has 0 saturated carbocycles. The molecular formula is C13H20FNO. The van der Waals surface area contributed by atoms with Gasteiger partial charge in [-0.25, -0.2) is 4.39 Å². The molecule has 0 aliphatic heterocycles. The molecular weight excluding hydrogens is 205 g/mol. The molecule has 0 aromatic heterocycles. The summed E-state index contributed by atoms with van der Waals surface area (Å²) in [6.45, 7) is 4.61. The number of rotatable bonds is 6. The molecule has 0 fully saturated rings. The molecule has 16 heavy (non-hydrogen) atoms. The van der Waals surface area contributed by atoms with Gasteiger partial charge >= 0.3 is 0 Å². The average molecular weight is 225 g/mol. The summed E-state index contributed by atoms with van der Waals surface area (Å²) in [5.41, 5.74) is 6.59. The summed E-state index contributed by atoms with van der Waals surface area (Å²) < 4.78 is 18.7. The van der Waals surface area contributed by atoms with E-state index in [2.05, 4.69) is 0 Å². The molecule has 2 nitrogen and oxygen atoms in total. The maximum Gasteiger partial charge on any atom is 0.126 e. The van der Waals surface area contributed by atoms with E-state index < -0.39 is 0 Å². The van der Waals surface area contributed by atoms with Crippen molar-refractivity contribution in [2.75, 3.05) is 6.61 Å². The van der Waals surface area contributed by atoms with Crippen molar-refractivity contribution in [1.82, 2.24) is 0 Å². The maximum absolute atomic E-state index is 13.3. The van der Waals surface area contributed by atoms with Gasteiger partial charge in [-0.05, 0) is 38.3 Å². The predicted molar refractivity (Wildman–Crippen MR) is 63.8 cm³/mol. The van der Waals surface area contributed by atoms with Crippen LogP contribution in [0.5, 0.6) is 0 Å². The van der Waals surface area contributed by atoms with E-state index >= 15 is 0 Å². The highest BCUT2D eigenvalue weighted by Crippen LogP contribution is 2.09. The van der Waals surface area contributed by atoms with Crippen LogP contribution < -0.4 is 5.73 Å². The smallest absolute Gasteiger partial charge is 0.126 e. The van der Waals surface area contributed by atoms with Gasteiger partial charge in [0.25, 0.3) is 0 Å². The van der Waals surface area contributed by atoms with Crippen molar-refractivity contribution in [3.05, 3.63) is 35.6 Å². The molecule has 0 saturated heterocycles. The Kier molecular flexibility index (Phi) is 5.43. The van der Waals surface area contributed by atoms with Crippen LogP contribution >= 0.6 is 0 Å². The molecule has 90 valence electrons. The van der Waals surface area contributed by atoms with Gasteiger partial charge in [0.15, 0.2) is 0 Å². The van der Waals surface area contributed by atoms with E-state index in [0.717, 1.165) is 6.42 Å². The molecule has 0 aliphatic rings. The van der Waals surface area contributed by atoms with Crippen LogP contribution in [0, 0.1) is 5.82 Å². The van der Waals surface area contributed by atoms with Gasteiger partial charge in [-0.1, -0.05) is 18.2 Å². The van der Waals surface area contributed by atoms with Crippen LogP contribution in [-0.4, -0.2) is 18.8 Å². The fraction of sp³-hybridized carbons (Fsp3) is 0.538. The number of hydrogen-bond donors (Lipinski definition) is 1. The Labute approximate surface area is 96.6 Å². The highest BCUT2D eigenvalue weighted by Gasteiger charge is 2.08. The Bertz CT molecular complexity index is 315. The lowest BCUT2D eigenvalue weighted by Gasteiger charge is -2.13. The van der Waals surface area contributed by atoms with Crippen molar-refractivity contribution in [3.63, 3.8) is 0 Å². The molecule has 1 aromatic rings. The van der Waals surface area contributed by atoms with E-state index in [1.165, 1.54) is 6.07 Å². The Morgan fingerprint density at radius 2 is 2.00 bits per heavy atom. The summed E-state index contributed by atoms with van der Waals surface area (Å²) in [6, 6.07) is 6.71. The Balaban J connectivity index is 2.34. The van der Waals surface area contributed by atoms with Crippen molar-refractivity contribution in [3.8, 4) is 0 Å². The van der Waals surface area contributed by atoms with Crippen LogP contribution in [0.15, 0.2) is 24.3 Å². The molecule has 3 heteroatoms. The largest absolute Gasteiger partial charge is 0.379 e. The summed E-state index contributed by atoms with van der Waals surface area (Å²) >= 11 is 0. The first-order valence-corrected chi connectivity index (χ1v) is 5.70. The Morgan fingerprint density at radius 1 is 1.31 bits per heavy atom. The van der Waals surface area contributed by atoms with Gasteiger partial charge in [0.2, 0.25) is 0 Å². The minimum absolute atomic E-state index is 0.0457. The van der Waals surface area contributed by atoms with Crippen LogP contribution in [0.25, 0.3) is 0 Å². The summed E-state index contributed by atoms with van der Waals surface area (Å²) in [5.74, 6) is -0.178. The number of nitrogens with two attached hydrogens (primary N) is 1. The second-order valence-electron chi connectivity index (χ2n) is 4.26. The summed E-state index contributed by atoms with van der Waals surface area (Å²) in [4.78, 5) is 0. The van der Waals surface area contributed by atoms with Gasteiger partial charge in [0.05, 0.1) is 6.10 Å². The van der Waals surface area contributed by atoms with Gasteiger partial charge < -0.3 is 10.5 Å². The zero-order chi connectivity index (χ0) is 12.0. The Morgan fingerprint density at radius 3 is 2.62 bits per heavy atom. The summed E-state index contributed by atoms with van der Waals surface area (Å²) in [7, 11) is 0. The molecule has 0 aliphatic carbocycles. The third-order valence-corrected chi connectivity index (χ3v) is 2.38. The van der Waals surface area contributed by atoms with Gasteiger partial charge in [-0.15, -0.1) is 0 Å². The van der Waals surface area contributed by atoms with E-state index in [-0.39, 0.29) is 18.0 Å². The van der Waals surface area contributed by atoms with Crippen LogP contribution in [0.3, 0.4) is 0 Å². The van der Waals surface area contributed by atoms with Crippen LogP contribution in [0.4, 0.5) is 4.39 Å². The third-order valence-electron chi connectivity index (χ3n) is 2.38. The highest BCUT2D eigenvalue weighted by atomic mass is 19.1.